The molecule has 1 heterocycles. The fourth-order valence-electron chi connectivity index (χ4n) is 11.2. The van der Waals surface area contributed by atoms with Gasteiger partial charge in [-0.25, -0.2) is 0 Å². The third-order valence-electron chi connectivity index (χ3n) is 13.3. The van der Waals surface area contributed by atoms with Crippen molar-refractivity contribution in [1.29, 1.82) is 5.26 Å². The standard InChI is InChI=1S/C33H45NO4/c1-28(2)11-13-33(27(36)37-8)14-12-31(6)23(21(33)16-28)24-20(18-38-24)25-30(5)15-19(17-34)26(35)29(3,4)22(30)9-10-32(25,31)7/h15,21-24H,9-14,16,18H2,1-8H3/t21?,22?,23?,24?,30-,31+,32+,33-/m0/s1. The molecule has 6 aliphatic rings. The summed E-state index contributed by atoms with van der Waals surface area (Å²) in [6.45, 7) is 16.7. The van der Waals surface area contributed by atoms with Crippen LogP contribution >= 0.6 is 0 Å². The summed E-state index contributed by atoms with van der Waals surface area (Å²) in [7, 11) is 1.56. The minimum Gasteiger partial charge on any atom is -0.469 e. The van der Waals surface area contributed by atoms with Crippen LogP contribution < -0.4 is 0 Å². The second kappa shape index (κ2) is 7.62. The zero-order valence-electron chi connectivity index (χ0n) is 24.6. The largest absolute Gasteiger partial charge is 0.469 e. The van der Waals surface area contributed by atoms with Gasteiger partial charge in [-0.2, -0.15) is 5.26 Å². The number of Topliss-reactive ketones (excluding diaryl/α,β-unsaturated/α-hetero) is 1. The summed E-state index contributed by atoms with van der Waals surface area (Å²) < 4.78 is 12.1. The zero-order valence-corrected chi connectivity index (χ0v) is 24.6. The molecule has 0 aromatic rings. The number of ketones is 1. The number of nitriles is 1. The third kappa shape index (κ3) is 2.86. The van der Waals surface area contributed by atoms with Crippen molar-refractivity contribution in [3.63, 3.8) is 0 Å². The smallest absolute Gasteiger partial charge is 0.312 e. The number of carbonyl (C=O) groups is 2. The zero-order chi connectivity index (χ0) is 27.7. The van der Waals surface area contributed by atoms with Crippen molar-refractivity contribution in [1.82, 2.24) is 0 Å². The number of hydrogen-bond donors (Lipinski definition) is 0. The van der Waals surface area contributed by atoms with Gasteiger partial charge in [0.25, 0.3) is 0 Å². The molecule has 4 fully saturated rings. The number of methoxy groups -OCH3 is 1. The highest BCUT2D eigenvalue weighted by Gasteiger charge is 2.73. The minimum absolute atomic E-state index is 0.00144. The number of rotatable bonds is 1. The summed E-state index contributed by atoms with van der Waals surface area (Å²) in [6.07, 6.45) is 8.81. The molecule has 0 aromatic carbocycles. The molecule has 0 N–H and O–H groups in total. The minimum atomic E-state index is -0.582. The lowest BCUT2D eigenvalue weighted by Crippen LogP contribution is -2.69. The van der Waals surface area contributed by atoms with E-state index in [1.165, 1.54) is 11.1 Å². The first-order valence-electron chi connectivity index (χ1n) is 14.7. The second-order valence-electron chi connectivity index (χ2n) is 15.6. The van der Waals surface area contributed by atoms with E-state index in [1.807, 2.05) is 19.9 Å². The molecule has 6 rings (SSSR count). The van der Waals surface area contributed by atoms with Crippen molar-refractivity contribution in [2.45, 2.75) is 99.5 Å². The van der Waals surface area contributed by atoms with E-state index in [0.717, 1.165) is 44.9 Å². The molecule has 1 aliphatic heterocycles. The maximum absolute atomic E-state index is 13.5. The molecule has 206 valence electrons. The van der Waals surface area contributed by atoms with Gasteiger partial charge >= 0.3 is 5.97 Å². The van der Waals surface area contributed by atoms with Crippen LogP contribution in [0.4, 0.5) is 0 Å². The van der Waals surface area contributed by atoms with E-state index >= 15 is 0 Å². The lowest BCUT2D eigenvalue weighted by Gasteiger charge is -2.72. The third-order valence-corrected chi connectivity index (χ3v) is 13.3. The molecular formula is C33H45NO4. The van der Waals surface area contributed by atoms with Crippen LogP contribution in [0.5, 0.6) is 0 Å². The van der Waals surface area contributed by atoms with Crippen LogP contribution in [0.3, 0.4) is 0 Å². The van der Waals surface area contributed by atoms with Crippen molar-refractivity contribution in [3.05, 3.63) is 22.8 Å². The van der Waals surface area contributed by atoms with Crippen LogP contribution in [0, 0.1) is 61.6 Å². The van der Waals surface area contributed by atoms with Crippen molar-refractivity contribution >= 4 is 11.8 Å². The van der Waals surface area contributed by atoms with E-state index in [2.05, 4.69) is 40.7 Å². The molecule has 0 amide bonds. The highest BCUT2D eigenvalue weighted by molar-refractivity contribution is 6.04. The molecule has 38 heavy (non-hydrogen) atoms. The van der Waals surface area contributed by atoms with Crippen LogP contribution in [-0.4, -0.2) is 31.6 Å². The van der Waals surface area contributed by atoms with E-state index in [4.69, 9.17) is 9.47 Å². The molecular weight excluding hydrogens is 474 g/mol. The number of nitrogens with zero attached hydrogens (tertiary/aromatic N) is 1. The van der Waals surface area contributed by atoms with E-state index in [1.54, 1.807) is 7.11 Å². The molecule has 8 atom stereocenters. The van der Waals surface area contributed by atoms with E-state index in [-0.39, 0.29) is 57.3 Å². The van der Waals surface area contributed by atoms with Gasteiger partial charge in [0, 0.05) is 10.8 Å². The molecule has 0 bridgehead atoms. The molecule has 5 heteroatoms. The second-order valence-corrected chi connectivity index (χ2v) is 15.6. The average molecular weight is 520 g/mol. The van der Waals surface area contributed by atoms with Crippen LogP contribution in [0.25, 0.3) is 0 Å². The predicted molar refractivity (Wildman–Crippen MR) is 145 cm³/mol. The lowest BCUT2D eigenvalue weighted by atomic mass is 9.32. The first-order valence-corrected chi connectivity index (χ1v) is 14.7. The van der Waals surface area contributed by atoms with Crippen molar-refractivity contribution < 1.29 is 19.1 Å². The summed E-state index contributed by atoms with van der Waals surface area (Å²) >= 11 is 0. The summed E-state index contributed by atoms with van der Waals surface area (Å²) in [6, 6.07) is 2.26. The first-order chi connectivity index (χ1) is 17.6. The quantitative estimate of drug-likeness (QED) is 0.289. The molecule has 0 aromatic heterocycles. The molecule has 0 radical (unpaired) electrons. The Morgan fingerprint density at radius 1 is 1.05 bits per heavy atom. The van der Waals surface area contributed by atoms with E-state index < -0.39 is 10.8 Å². The van der Waals surface area contributed by atoms with Gasteiger partial charge in [-0.15, -0.1) is 0 Å². The van der Waals surface area contributed by atoms with E-state index in [0.29, 0.717) is 12.2 Å². The maximum atomic E-state index is 13.5. The monoisotopic (exact) mass is 519 g/mol. The van der Waals surface area contributed by atoms with Crippen molar-refractivity contribution in [2.75, 3.05) is 13.7 Å². The highest BCUT2D eigenvalue weighted by Crippen LogP contribution is 2.77. The van der Waals surface area contributed by atoms with Gasteiger partial charge in [0.1, 0.15) is 6.07 Å². The number of carbonyl (C=O) groups excluding carboxylic acids is 2. The summed E-state index contributed by atoms with van der Waals surface area (Å²) in [4.78, 5) is 26.9. The average Bonchev–Trinajstić information content (AvgIpc) is 2.83. The lowest BCUT2D eigenvalue weighted by molar-refractivity contribution is -0.225. The predicted octanol–water partition coefficient (Wildman–Crippen LogP) is 6.58. The Hall–Kier alpha value is -1.93. The number of allylic oxidation sites excluding steroid dienone is 3. The van der Waals surface area contributed by atoms with Gasteiger partial charge in [-0.3, -0.25) is 9.59 Å². The molecule has 1 saturated heterocycles. The number of esters is 1. The number of hydrogen-bond acceptors (Lipinski definition) is 5. The van der Waals surface area contributed by atoms with Crippen molar-refractivity contribution in [3.8, 4) is 6.07 Å². The maximum Gasteiger partial charge on any atom is 0.312 e. The van der Waals surface area contributed by atoms with Gasteiger partial charge in [0.2, 0.25) is 0 Å². The number of ether oxygens (including phenoxy) is 2. The molecule has 4 unspecified atom stereocenters. The van der Waals surface area contributed by atoms with E-state index in [9.17, 15) is 14.9 Å². The Morgan fingerprint density at radius 3 is 2.34 bits per heavy atom. The topological polar surface area (TPSA) is 76.4 Å². The summed E-state index contributed by atoms with van der Waals surface area (Å²) in [5.41, 5.74) is 1.83. The molecule has 5 nitrogen and oxygen atoms in total. The van der Waals surface area contributed by atoms with Crippen molar-refractivity contribution in [2.24, 2.45) is 50.2 Å². The van der Waals surface area contributed by atoms with Gasteiger partial charge in [-0.1, -0.05) is 54.5 Å². The number of fused-ring (bicyclic) bond motifs is 9. The summed E-state index contributed by atoms with van der Waals surface area (Å²) in [5, 5.41) is 9.99. The molecule has 5 aliphatic carbocycles. The van der Waals surface area contributed by atoms with Crippen LogP contribution in [0.15, 0.2) is 22.8 Å². The molecule has 3 saturated carbocycles. The van der Waals surface area contributed by atoms with Gasteiger partial charge in [0.15, 0.2) is 5.78 Å². The Labute approximate surface area is 228 Å². The molecule has 0 spiro atoms. The van der Waals surface area contributed by atoms with Crippen LogP contribution in [-0.2, 0) is 19.1 Å². The van der Waals surface area contributed by atoms with Gasteiger partial charge in [0.05, 0.1) is 30.8 Å². The normalized spacial score (nSPS) is 48.1. The Kier molecular flexibility index (Phi) is 5.28. The first kappa shape index (κ1) is 26.3. The fourth-order valence-corrected chi connectivity index (χ4v) is 11.2. The fraction of sp³-hybridized carbons (Fsp3) is 0.788. The Balaban J connectivity index is 1.57. The van der Waals surface area contributed by atoms with Crippen LogP contribution in [0.2, 0.25) is 0 Å². The Bertz CT molecular complexity index is 1230. The Morgan fingerprint density at radius 2 is 1.74 bits per heavy atom. The summed E-state index contributed by atoms with van der Waals surface area (Å²) in [5.74, 6) is 0.595. The van der Waals surface area contributed by atoms with Gasteiger partial charge < -0.3 is 9.47 Å². The SMILES string of the molecule is COC(=O)[C@]12CCC(C)(C)CC1C1C3OCC3=C3[C@@]4(C)C=C(C#N)C(=O)C(C)(C)C4CC[C@@]3(C)[C@]1(C)CC2. The highest BCUT2D eigenvalue weighted by atomic mass is 16.5. The van der Waals surface area contributed by atoms with Gasteiger partial charge in [-0.05, 0) is 90.1 Å². The van der Waals surface area contributed by atoms with Crippen LogP contribution in [0.1, 0.15) is 93.4 Å².